The molecule has 0 fully saturated rings. The van der Waals surface area contributed by atoms with Gasteiger partial charge in [-0.1, -0.05) is 32.0 Å². The molecule has 1 heterocycles. The standard InChI is InChI=1S/C20H30N3O8P/c1-12(2)7-17(23-32(29,30)31-11-14(25)10-24)19(26)22-18(20(27)28)8-13-9-21-16-6-4-3-5-15(13)16/h3-6,9,12,14,17-18,21,24-25H,7-8,10-11H2,1-2H3,(H,22,26)(H,27,28)(H2,23,29,30)/t14?,17-,18-/m0/s1. The van der Waals surface area contributed by atoms with Crippen molar-refractivity contribution in [1.82, 2.24) is 15.4 Å². The number of aromatic amines is 1. The number of amides is 1. The zero-order valence-corrected chi connectivity index (χ0v) is 18.8. The van der Waals surface area contributed by atoms with Crippen LogP contribution in [-0.4, -0.2) is 68.5 Å². The fourth-order valence-corrected chi connectivity index (χ4v) is 4.22. The molecule has 2 unspecified atom stereocenters. The molecule has 4 atom stereocenters. The van der Waals surface area contributed by atoms with Crippen molar-refractivity contribution in [3.63, 3.8) is 0 Å². The molecule has 0 bridgehead atoms. The fourth-order valence-electron chi connectivity index (χ4n) is 3.16. The maximum Gasteiger partial charge on any atom is 0.403 e. The lowest BCUT2D eigenvalue weighted by molar-refractivity contribution is -0.142. The minimum atomic E-state index is -4.52. The summed E-state index contributed by atoms with van der Waals surface area (Å²) in [5.41, 5.74) is 1.54. The number of hydrogen-bond acceptors (Lipinski definition) is 6. The molecule has 0 radical (unpaired) electrons. The van der Waals surface area contributed by atoms with Gasteiger partial charge in [-0.15, -0.1) is 0 Å². The summed E-state index contributed by atoms with van der Waals surface area (Å²) in [7, 11) is -4.52. The van der Waals surface area contributed by atoms with E-state index in [2.05, 4.69) is 15.4 Å². The first-order chi connectivity index (χ1) is 15.0. The highest BCUT2D eigenvalue weighted by atomic mass is 31.2. The molecule has 0 aliphatic rings. The monoisotopic (exact) mass is 471 g/mol. The Labute approximate surface area is 185 Å². The number of benzene rings is 1. The number of aliphatic hydroxyl groups is 2. The van der Waals surface area contributed by atoms with Crippen LogP contribution in [0.3, 0.4) is 0 Å². The van der Waals surface area contributed by atoms with E-state index in [0.29, 0.717) is 5.56 Å². The number of carbonyl (C=O) groups is 2. The molecule has 0 saturated carbocycles. The second-order valence-electron chi connectivity index (χ2n) is 7.93. The van der Waals surface area contributed by atoms with Gasteiger partial charge < -0.3 is 30.5 Å². The lowest BCUT2D eigenvalue weighted by Gasteiger charge is -2.25. The summed E-state index contributed by atoms with van der Waals surface area (Å²) in [5.74, 6) is -2.09. The molecule has 0 aliphatic heterocycles. The minimum Gasteiger partial charge on any atom is -0.480 e. The molecule has 7 N–H and O–H groups in total. The van der Waals surface area contributed by atoms with E-state index >= 15 is 0 Å². The number of aliphatic carboxylic acids is 1. The van der Waals surface area contributed by atoms with Gasteiger partial charge in [-0.3, -0.25) is 9.32 Å². The summed E-state index contributed by atoms with van der Waals surface area (Å²) < 4.78 is 17.0. The lowest BCUT2D eigenvalue weighted by atomic mass is 10.0. The molecular formula is C20H30N3O8P. The first kappa shape index (κ1) is 26.0. The van der Waals surface area contributed by atoms with Gasteiger partial charge in [-0.05, 0) is 24.0 Å². The van der Waals surface area contributed by atoms with Crippen LogP contribution in [0.5, 0.6) is 0 Å². The van der Waals surface area contributed by atoms with Gasteiger partial charge in [0.1, 0.15) is 12.1 Å². The number of nitrogens with one attached hydrogen (secondary N) is 3. The summed E-state index contributed by atoms with van der Waals surface area (Å²) in [6, 6.07) is 4.86. The lowest BCUT2D eigenvalue weighted by Crippen LogP contribution is -2.50. The number of carboxylic acid groups (broad SMARTS) is 1. The first-order valence-electron chi connectivity index (χ1n) is 10.1. The van der Waals surface area contributed by atoms with Crippen molar-refractivity contribution in [1.29, 1.82) is 0 Å². The number of aliphatic hydroxyl groups excluding tert-OH is 2. The van der Waals surface area contributed by atoms with Gasteiger partial charge >= 0.3 is 13.7 Å². The van der Waals surface area contributed by atoms with Crippen LogP contribution in [0, 0.1) is 5.92 Å². The molecule has 2 rings (SSSR count). The molecule has 32 heavy (non-hydrogen) atoms. The topological polar surface area (TPSA) is 181 Å². The highest BCUT2D eigenvalue weighted by molar-refractivity contribution is 7.50. The van der Waals surface area contributed by atoms with Gasteiger partial charge in [0.25, 0.3) is 0 Å². The van der Waals surface area contributed by atoms with E-state index in [1.54, 1.807) is 20.0 Å². The van der Waals surface area contributed by atoms with Crippen LogP contribution in [0.4, 0.5) is 0 Å². The maximum absolute atomic E-state index is 12.8. The highest BCUT2D eigenvalue weighted by Gasteiger charge is 2.32. The number of para-hydroxylation sites is 1. The van der Waals surface area contributed by atoms with Crippen molar-refractivity contribution in [2.24, 2.45) is 5.92 Å². The van der Waals surface area contributed by atoms with E-state index in [9.17, 15) is 29.3 Å². The molecule has 0 saturated heterocycles. The molecule has 0 aliphatic carbocycles. The van der Waals surface area contributed by atoms with Crippen molar-refractivity contribution in [2.45, 2.75) is 44.9 Å². The molecule has 1 amide bonds. The van der Waals surface area contributed by atoms with Crippen molar-refractivity contribution >= 4 is 30.5 Å². The van der Waals surface area contributed by atoms with Gasteiger partial charge in [-0.2, -0.15) is 0 Å². The fraction of sp³-hybridized carbons (Fsp3) is 0.500. The number of carbonyl (C=O) groups excluding carboxylic acids is 1. The summed E-state index contributed by atoms with van der Waals surface area (Å²) in [5, 5.41) is 33.2. The zero-order valence-electron chi connectivity index (χ0n) is 17.9. The molecule has 0 spiro atoms. The third kappa shape index (κ3) is 7.70. The van der Waals surface area contributed by atoms with Gasteiger partial charge in [0.2, 0.25) is 5.91 Å². The molecule has 1 aromatic carbocycles. The Kier molecular flexibility index (Phi) is 9.38. The van der Waals surface area contributed by atoms with Crippen LogP contribution in [0.15, 0.2) is 30.5 Å². The van der Waals surface area contributed by atoms with E-state index in [-0.39, 0.29) is 18.8 Å². The SMILES string of the molecule is CC(C)C[C@H](NP(=O)(O)OCC(O)CO)C(=O)N[C@@H](Cc1c[nH]c2ccccc12)C(=O)O. The number of rotatable bonds is 13. The average molecular weight is 471 g/mol. The third-order valence-corrected chi connectivity index (χ3v) is 5.85. The minimum absolute atomic E-state index is 0.00939. The van der Waals surface area contributed by atoms with Crippen LogP contribution in [0.25, 0.3) is 10.9 Å². The predicted molar refractivity (Wildman–Crippen MR) is 117 cm³/mol. The van der Waals surface area contributed by atoms with Crippen LogP contribution >= 0.6 is 7.75 Å². The summed E-state index contributed by atoms with van der Waals surface area (Å²) in [6.45, 7) is 2.30. The predicted octanol–water partition coefficient (Wildman–Crippen LogP) is 0.754. The quantitative estimate of drug-likeness (QED) is 0.207. The zero-order chi connectivity index (χ0) is 23.9. The van der Waals surface area contributed by atoms with E-state index in [0.717, 1.165) is 10.9 Å². The van der Waals surface area contributed by atoms with Crippen LogP contribution in [-0.2, 0) is 25.1 Å². The van der Waals surface area contributed by atoms with Crippen LogP contribution in [0.2, 0.25) is 0 Å². The number of hydrogen-bond donors (Lipinski definition) is 7. The van der Waals surface area contributed by atoms with E-state index in [4.69, 9.17) is 9.63 Å². The number of fused-ring (bicyclic) bond motifs is 1. The average Bonchev–Trinajstić information content (AvgIpc) is 3.13. The van der Waals surface area contributed by atoms with E-state index in [1.165, 1.54) is 0 Å². The molecule has 1 aromatic heterocycles. The Bertz CT molecular complexity index is 963. The second kappa shape index (κ2) is 11.6. The van der Waals surface area contributed by atoms with E-state index < -0.39 is 51.0 Å². The highest BCUT2D eigenvalue weighted by Crippen LogP contribution is 2.38. The molecule has 12 heteroatoms. The number of carboxylic acids is 1. The van der Waals surface area contributed by atoms with Crippen molar-refractivity contribution in [2.75, 3.05) is 13.2 Å². The Morgan fingerprint density at radius 3 is 2.53 bits per heavy atom. The Morgan fingerprint density at radius 2 is 1.91 bits per heavy atom. The van der Waals surface area contributed by atoms with Gasteiger partial charge in [0, 0.05) is 23.5 Å². The Balaban J connectivity index is 2.13. The normalized spacial score (nSPS) is 16.4. The van der Waals surface area contributed by atoms with Gasteiger partial charge in [0.15, 0.2) is 0 Å². The maximum atomic E-state index is 12.8. The third-order valence-electron chi connectivity index (χ3n) is 4.71. The molecule has 11 nitrogen and oxygen atoms in total. The molecule has 178 valence electrons. The number of H-pyrrole nitrogens is 1. The first-order valence-corrected chi connectivity index (χ1v) is 11.7. The summed E-state index contributed by atoms with van der Waals surface area (Å²) in [6.07, 6.45) is 0.456. The Hall–Kier alpha value is -2.27. The molecular weight excluding hydrogens is 441 g/mol. The van der Waals surface area contributed by atoms with Crippen molar-refractivity contribution < 1.29 is 38.9 Å². The summed E-state index contributed by atoms with van der Waals surface area (Å²) in [4.78, 5) is 37.7. The number of aromatic nitrogens is 1. The second-order valence-corrected chi connectivity index (χ2v) is 9.48. The van der Waals surface area contributed by atoms with E-state index in [1.807, 2.05) is 24.3 Å². The Morgan fingerprint density at radius 1 is 1.22 bits per heavy atom. The van der Waals surface area contributed by atoms with Crippen molar-refractivity contribution in [3.8, 4) is 0 Å². The van der Waals surface area contributed by atoms with Gasteiger partial charge in [-0.25, -0.2) is 14.4 Å². The molecule has 2 aromatic rings. The summed E-state index contributed by atoms with van der Waals surface area (Å²) >= 11 is 0. The van der Waals surface area contributed by atoms with Crippen molar-refractivity contribution in [3.05, 3.63) is 36.0 Å². The van der Waals surface area contributed by atoms with Gasteiger partial charge in [0.05, 0.1) is 19.3 Å². The smallest absolute Gasteiger partial charge is 0.403 e. The van der Waals surface area contributed by atoms with Crippen LogP contribution in [0.1, 0.15) is 25.8 Å². The largest absolute Gasteiger partial charge is 0.480 e. The van der Waals surface area contributed by atoms with Crippen LogP contribution < -0.4 is 10.4 Å².